The molecule has 1 saturated heterocycles. The summed E-state index contributed by atoms with van der Waals surface area (Å²) in [5.41, 5.74) is -0.573. The van der Waals surface area contributed by atoms with Crippen molar-refractivity contribution in [3.63, 3.8) is 0 Å². The molecular weight excluding hydrogens is 190 g/mol. The lowest BCUT2D eigenvalue weighted by Crippen LogP contribution is -2.38. The zero-order valence-corrected chi connectivity index (χ0v) is 9.70. The largest absolute Gasteiger partial charge is 0.390 e. The molecule has 2 radical (unpaired) electrons. The second-order valence-corrected chi connectivity index (χ2v) is 5.20. The number of ketones is 1. The number of rotatable bonds is 4. The van der Waals surface area contributed by atoms with Crippen molar-refractivity contribution >= 4 is 5.78 Å². The number of Topliss-reactive ketones (excluding diaryl/α,β-unsaturated/α-hetero) is 1. The van der Waals surface area contributed by atoms with E-state index in [2.05, 4.69) is 4.90 Å². The van der Waals surface area contributed by atoms with E-state index in [1.807, 2.05) is 13.8 Å². The van der Waals surface area contributed by atoms with Crippen molar-refractivity contribution in [3.8, 4) is 0 Å². The molecule has 1 heterocycles. The van der Waals surface area contributed by atoms with Gasteiger partial charge in [0.2, 0.25) is 0 Å². The van der Waals surface area contributed by atoms with Crippen LogP contribution in [0.5, 0.6) is 0 Å². The smallest absolute Gasteiger partial charge is 0.151 e. The summed E-state index contributed by atoms with van der Waals surface area (Å²) in [4.78, 5) is 12.8. The Hall–Kier alpha value is -0.410. The Morgan fingerprint density at radius 3 is 2.40 bits per heavy atom. The lowest BCUT2D eigenvalue weighted by Gasteiger charge is -2.33. The predicted octanol–water partition coefficient (Wildman–Crippen LogP) is 1.14. The van der Waals surface area contributed by atoms with Gasteiger partial charge in [-0.05, 0) is 52.1 Å². The first-order chi connectivity index (χ1) is 6.87. The van der Waals surface area contributed by atoms with Crippen molar-refractivity contribution < 1.29 is 9.90 Å². The minimum atomic E-state index is -0.573. The molecule has 0 aliphatic carbocycles. The van der Waals surface area contributed by atoms with Crippen LogP contribution in [-0.2, 0) is 4.79 Å². The van der Waals surface area contributed by atoms with Crippen LogP contribution in [0.4, 0.5) is 0 Å². The van der Waals surface area contributed by atoms with Gasteiger partial charge in [-0.15, -0.1) is 0 Å². The number of hydrogen-bond donors (Lipinski definition) is 1. The summed E-state index contributed by atoms with van der Waals surface area (Å²) in [6, 6.07) is 0. The van der Waals surface area contributed by atoms with Crippen molar-refractivity contribution in [1.29, 1.82) is 0 Å². The first-order valence-corrected chi connectivity index (χ1v) is 5.60. The normalized spacial score (nSPS) is 20.5. The number of carbonyl (C=O) groups excluding carboxylic acids is 1. The van der Waals surface area contributed by atoms with Gasteiger partial charge < -0.3 is 5.11 Å². The third-order valence-electron chi connectivity index (χ3n) is 2.87. The number of aliphatic hydroxyl groups is 1. The predicted molar refractivity (Wildman–Crippen MR) is 59.4 cm³/mol. The molecule has 1 N–H and O–H groups in total. The molecule has 1 aliphatic heterocycles. The lowest BCUT2D eigenvalue weighted by molar-refractivity contribution is -0.116. The van der Waals surface area contributed by atoms with Crippen LogP contribution in [0.1, 0.15) is 33.1 Å². The van der Waals surface area contributed by atoms with E-state index in [-0.39, 0.29) is 5.78 Å². The summed E-state index contributed by atoms with van der Waals surface area (Å²) in [7, 11) is 0. The fraction of sp³-hybridized carbons (Fsp3) is 0.833. The van der Waals surface area contributed by atoms with Crippen molar-refractivity contribution in [1.82, 2.24) is 4.90 Å². The number of nitrogens with zero attached hydrogens (tertiary/aromatic N) is 1. The van der Waals surface area contributed by atoms with Crippen molar-refractivity contribution in [3.05, 3.63) is 6.92 Å². The Kier molecular flexibility index (Phi) is 4.29. The van der Waals surface area contributed by atoms with Gasteiger partial charge in [-0.3, -0.25) is 9.69 Å². The summed E-state index contributed by atoms with van der Waals surface area (Å²) >= 11 is 0. The zero-order chi connectivity index (χ0) is 11.5. The highest BCUT2D eigenvalue weighted by molar-refractivity contribution is 5.84. The van der Waals surface area contributed by atoms with Crippen molar-refractivity contribution in [2.45, 2.75) is 38.7 Å². The topological polar surface area (TPSA) is 40.5 Å². The number of carbonyl (C=O) groups is 1. The Morgan fingerprint density at radius 1 is 1.47 bits per heavy atom. The molecule has 1 fully saturated rings. The van der Waals surface area contributed by atoms with Gasteiger partial charge >= 0.3 is 0 Å². The number of hydrogen-bond acceptors (Lipinski definition) is 3. The van der Waals surface area contributed by atoms with Crippen LogP contribution in [0.3, 0.4) is 0 Å². The van der Waals surface area contributed by atoms with Crippen LogP contribution in [0.2, 0.25) is 0 Å². The van der Waals surface area contributed by atoms with Gasteiger partial charge in [0.05, 0.1) is 12.1 Å². The average molecular weight is 211 g/mol. The fourth-order valence-corrected chi connectivity index (χ4v) is 2.28. The van der Waals surface area contributed by atoms with Gasteiger partial charge in [-0.1, -0.05) is 0 Å². The molecule has 0 bridgehead atoms. The van der Waals surface area contributed by atoms with Crippen LogP contribution in [-0.4, -0.2) is 41.0 Å². The molecule has 0 saturated carbocycles. The van der Waals surface area contributed by atoms with Crippen molar-refractivity contribution in [2.24, 2.45) is 5.92 Å². The molecule has 0 amide bonds. The quantitative estimate of drug-likeness (QED) is 0.758. The van der Waals surface area contributed by atoms with E-state index in [0.717, 1.165) is 32.4 Å². The first-order valence-electron chi connectivity index (χ1n) is 5.60. The van der Waals surface area contributed by atoms with Gasteiger partial charge in [-0.2, -0.15) is 0 Å². The molecule has 3 heteroatoms. The van der Waals surface area contributed by atoms with Crippen LogP contribution < -0.4 is 0 Å². The van der Waals surface area contributed by atoms with E-state index < -0.39 is 5.60 Å². The third-order valence-corrected chi connectivity index (χ3v) is 2.87. The molecule has 3 nitrogen and oxygen atoms in total. The van der Waals surface area contributed by atoms with Gasteiger partial charge in [0, 0.05) is 6.92 Å². The SMILES string of the molecule is [CH]C(=O)CN1CCC(CC(C)(C)O)CC1. The van der Waals surface area contributed by atoms with Crippen LogP contribution in [0.15, 0.2) is 0 Å². The average Bonchev–Trinajstić information content (AvgIpc) is 2.05. The highest BCUT2D eigenvalue weighted by Crippen LogP contribution is 2.25. The molecule has 0 unspecified atom stereocenters. The molecular formula is C12H21NO2. The standard InChI is InChI=1S/C12H21NO2/c1-10(14)9-13-6-4-11(5-7-13)8-12(2,3)15/h1,11,15H,4-9H2,2-3H3. The van der Waals surface area contributed by atoms with E-state index in [0.29, 0.717) is 12.5 Å². The Labute approximate surface area is 92.5 Å². The van der Waals surface area contributed by atoms with Gasteiger partial charge in [0.15, 0.2) is 5.78 Å². The van der Waals surface area contributed by atoms with Crippen molar-refractivity contribution in [2.75, 3.05) is 19.6 Å². The number of piperidine rings is 1. The molecule has 0 atom stereocenters. The molecule has 1 aliphatic rings. The maximum absolute atomic E-state index is 10.7. The Morgan fingerprint density at radius 2 is 2.00 bits per heavy atom. The maximum atomic E-state index is 10.7. The monoisotopic (exact) mass is 211 g/mol. The molecule has 15 heavy (non-hydrogen) atoms. The highest BCUT2D eigenvalue weighted by atomic mass is 16.3. The highest BCUT2D eigenvalue weighted by Gasteiger charge is 2.25. The van der Waals surface area contributed by atoms with Crippen LogP contribution >= 0.6 is 0 Å². The number of likely N-dealkylation sites (tertiary alicyclic amines) is 1. The summed E-state index contributed by atoms with van der Waals surface area (Å²) in [6.45, 7) is 11.0. The summed E-state index contributed by atoms with van der Waals surface area (Å²) in [5, 5.41) is 9.69. The third kappa shape index (κ3) is 5.28. The minimum Gasteiger partial charge on any atom is -0.390 e. The fourth-order valence-electron chi connectivity index (χ4n) is 2.28. The van der Waals surface area contributed by atoms with Crippen LogP contribution in [0.25, 0.3) is 0 Å². The molecule has 86 valence electrons. The molecule has 0 spiro atoms. The minimum absolute atomic E-state index is 0.254. The molecule has 0 aromatic carbocycles. The zero-order valence-electron chi connectivity index (χ0n) is 9.70. The Balaban J connectivity index is 2.27. The Bertz CT molecular complexity index is 212. The molecule has 1 rings (SSSR count). The summed E-state index contributed by atoms with van der Waals surface area (Å²) in [6.07, 6.45) is 2.95. The maximum Gasteiger partial charge on any atom is 0.151 e. The molecule has 0 aromatic rings. The van der Waals surface area contributed by atoms with Gasteiger partial charge in [0.25, 0.3) is 0 Å². The van der Waals surface area contributed by atoms with E-state index in [1.165, 1.54) is 0 Å². The summed E-state index contributed by atoms with van der Waals surface area (Å²) < 4.78 is 0. The second-order valence-electron chi connectivity index (χ2n) is 5.20. The van der Waals surface area contributed by atoms with E-state index in [1.54, 1.807) is 0 Å². The summed E-state index contributed by atoms with van der Waals surface area (Å²) in [5.74, 6) is 0.324. The lowest BCUT2D eigenvalue weighted by atomic mass is 9.86. The van der Waals surface area contributed by atoms with E-state index >= 15 is 0 Å². The second kappa shape index (κ2) is 5.08. The first kappa shape index (κ1) is 12.7. The molecule has 0 aromatic heterocycles. The van der Waals surface area contributed by atoms with Gasteiger partial charge in [0.1, 0.15) is 0 Å². The van der Waals surface area contributed by atoms with E-state index in [9.17, 15) is 9.90 Å². The van der Waals surface area contributed by atoms with Gasteiger partial charge in [-0.25, -0.2) is 0 Å². The van der Waals surface area contributed by atoms with E-state index in [4.69, 9.17) is 6.92 Å². The van der Waals surface area contributed by atoms with Crippen LogP contribution in [0, 0.1) is 12.8 Å².